The van der Waals surface area contributed by atoms with E-state index in [1.54, 1.807) is 6.07 Å². The van der Waals surface area contributed by atoms with Crippen LogP contribution in [0.15, 0.2) is 12.1 Å². The second-order valence-corrected chi connectivity index (χ2v) is 6.22. The fourth-order valence-corrected chi connectivity index (χ4v) is 3.61. The molecule has 0 bridgehead atoms. The average molecular weight is 274 g/mol. The largest absolute Gasteiger partial charge is 0.366 e. The van der Waals surface area contributed by atoms with Crippen LogP contribution < -0.4 is 16.4 Å². The zero-order chi connectivity index (χ0) is 14.3. The number of fused-ring (bicyclic) bond motifs is 1. The van der Waals surface area contributed by atoms with E-state index in [9.17, 15) is 4.79 Å². The molecule has 3 rings (SSSR count). The van der Waals surface area contributed by atoms with E-state index in [0.29, 0.717) is 23.4 Å². The molecule has 5 nitrogen and oxygen atoms in total. The summed E-state index contributed by atoms with van der Waals surface area (Å²) in [6.07, 6.45) is 3.44. The lowest BCUT2D eigenvalue weighted by molar-refractivity contribution is 0.1000. The van der Waals surface area contributed by atoms with Crippen LogP contribution >= 0.6 is 0 Å². The molecule has 3 atom stereocenters. The van der Waals surface area contributed by atoms with E-state index in [-0.39, 0.29) is 0 Å². The third-order valence-corrected chi connectivity index (χ3v) is 4.64. The van der Waals surface area contributed by atoms with Crippen molar-refractivity contribution >= 4 is 11.7 Å². The van der Waals surface area contributed by atoms with Crippen LogP contribution in [0.3, 0.4) is 0 Å². The fourth-order valence-electron chi connectivity index (χ4n) is 3.61. The van der Waals surface area contributed by atoms with E-state index >= 15 is 0 Å². The summed E-state index contributed by atoms with van der Waals surface area (Å²) >= 11 is 0. The quantitative estimate of drug-likeness (QED) is 0.844. The molecule has 5 heteroatoms. The van der Waals surface area contributed by atoms with Gasteiger partial charge in [-0.25, -0.2) is 4.98 Å². The number of amides is 1. The third kappa shape index (κ3) is 2.50. The summed E-state index contributed by atoms with van der Waals surface area (Å²) in [5, 5.41) is 0. The maximum Gasteiger partial charge on any atom is 0.248 e. The van der Waals surface area contributed by atoms with Crippen LogP contribution in [0.4, 0.5) is 5.82 Å². The number of carbonyl (C=O) groups is 1. The van der Waals surface area contributed by atoms with E-state index in [1.165, 1.54) is 6.42 Å². The molecule has 0 radical (unpaired) electrons. The Kier molecular flexibility index (Phi) is 3.38. The van der Waals surface area contributed by atoms with Crippen molar-refractivity contribution < 1.29 is 4.79 Å². The standard InChI is InChI=1S/C15H22N4O/c1-9-4-11(15(17)20)6-14(18-9)19-7-10-2-3-13(16)5-12(10)8-19/h4,6,10,12-13H,2-3,5,7-8,16H2,1H3,(H2,17,20)/t10-,12+,13?/m1/s1. The first kappa shape index (κ1) is 13.4. The second kappa shape index (κ2) is 5.05. The minimum Gasteiger partial charge on any atom is -0.366 e. The highest BCUT2D eigenvalue weighted by molar-refractivity contribution is 5.93. The number of hydrogen-bond acceptors (Lipinski definition) is 4. The maximum absolute atomic E-state index is 11.4. The first-order valence-electron chi connectivity index (χ1n) is 7.32. The van der Waals surface area contributed by atoms with Crippen molar-refractivity contribution in [1.29, 1.82) is 0 Å². The van der Waals surface area contributed by atoms with E-state index in [1.807, 2.05) is 13.0 Å². The van der Waals surface area contributed by atoms with E-state index < -0.39 is 5.91 Å². The predicted octanol–water partition coefficient (Wildman–Crippen LogP) is 1.05. The Hall–Kier alpha value is -1.62. The molecule has 1 amide bonds. The molecular formula is C15H22N4O. The second-order valence-electron chi connectivity index (χ2n) is 6.22. The predicted molar refractivity (Wildman–Crippen MR) is 78.5 cm³/mol. The first-order chi connectivity index (χ1) is 9.52. The minimum absolute atomic E-state index is 0.350. The van der Waals surface area contributed by atoms with Gasteiger partial charge in [0.2, 0.25) is 5.91 Å². The van der Waals surface area contributed by atoms with Crippen molar-refractivity contribution in [2.75, 3.05) is 18.0 Å². The Morgan fingerprint density at radius 2 is 2.05 bits per heavy atom. The highest BCUT2D eigenvalue weighted by atomic mass is 16.1. The molecule has 1 aliphatic heterocycles. The summed E-state index contributed by atoms with van der Waals surface area (Å²) < 4.78 is 0. The van der Waals surface area contributed by atoms with Crippen molar-refractivity contribution in [1.82, 2.24) is 4.98 Å². The molecule has 1 aromatic heterocycles. The van der Waals surface area contributed by atoms with E-state index in [0.717, 1.165) is 37.4 Å². The number of pyridine rings is 1. The fraction of sp³-hybridized carbons (Fsp3) is 0.600. The molecule has 20 heavy (non-hydrogen) atoms. The Labute approximate surface area is 119 Å². The molecule has 1 aromatic rings. The zero-order valence-electron chi connectivity index (χ0n) is 11.9. The smallest absolute Gasteiger partial charge is 0.248 e. The maximum atomic E-state index is 11.4. The van der Waals surface area contributed by atoms with Crippen molar-refractivity contribution in [3.05, 3.63) is 23.4 Å². The van der Waals surface area contributed by atoms with Gasteiger partial charge < -0.3 is 16.4 Å². The van der Waals surface area contributed by atoms with Crippen molar-refractivity contribution in [2.24, 2.45) is 23.3 Å². The van der Waals surface area contributed by atoms with Crippen LogP contribution in [0.1, 0.15) is 35.3 Å². The molecule has 108 valence electrons. The summed E-state index contributed by atoms with van der Waals surface area (Å²) in [5.74, 6) is 1.87. The van der Waals surface area contributed by atoms with Gasteiger partial charge in [0, 0.05) is 30.4 Å². The molecule has 1 saturated heterocycles. The molecule has 2 heterocycles. The molecule has 4 N–H and O–H groups in total. The van der Waals surface area contributed by atoms with Crippen LogP contribution in [0, 0.1) is 18.8 Å². The van der Waals surface area contributed by atoms with Crippen LogP contribution in [-0.4, -0.2) is 30.0 Å². The van der Waals surface area contributed by atoms with Crippen molar-refractivity contribution in [2.45, 2.75) is 32.2 Å². The summed E-state index contributed by atoms with van der Waals surface area (Å²) in [6, 6.07) is 3.90. The SMILES string of the molecule is Cc1cc(C(N)=O)cc(N2C[C@H]3CCC(N)C[C@H]3C2)n1. The lowest BCUT2D eigenvalue weighted by Gasteiger charge is -2.27. The number of rotatable bonds is 2. The summed E-state index contributed by atoms with van der Waals surface area (Å²) in [7, 11) is 0. The number of primary amides is 1. The lowest BCUT2D eigenvalue weighted by Crippen LogP contribution is -2.32. The van der Waals surface area contributed by atoms with Gasteiger partial charge >= 0.3 is 0 Å². The van der Waals surface area contributed by atoms with E-state index in [4.69, 9.17) is 11.5 Å². The molecule has 2 aliphatic rings. The molecule has 1 unspecified atom stereocenters. The normalized spacial score (nSPS) is 29.3. The van der Waals surface area contributed by atoms with Crippen LogP contribution in [0.25, 0.3) is 0 Å². The molecule has 1 aliphatic carbocycles. The topological polar surface area (TPSA) is 85.2 Å². The highest BCUT2D eigenvalue weighted by Gasteiger charge is 2.37. The van der Waals surface area contributed by atoms with Gasteiger partial charge in [-0.2, -0.15) is 0 Å². The van der Waals surface area contributed by atoms with Gasteiger partial charge in [-0.15, -0.1) is 0 Å². The molecule has 2 fully saturated rings. The van der Waals surface area contributed by atoms with Gasteiger partial charge in [-0.1, -0.05) is 0 Å². The number of nitrogens with zero attached hydrogens (tertiary/aromatic N) is 2. The van der Waals surface area contributed by atoms with Crippen molar-refractivity contribution in [3.63, 3.8) is 0 Å². The molecule has 0 spiro atoms. The van der Waals surface area contributed by atoms with Gasteiger partial charge in [0.15, 0.2) is 0 Å². The number of aryl methyl sites for hydroxylation is 1. The Bertz CT molecular complexity index is 531. The monoisotopic (exact) mass is 274 g/mol. The molecular weight excluding hydrogens is 252 g/mol. The summed E-state index contributed by atoms with van der Waals surface area (Å²) in [4.78, 5) is 18.2. The van der Waals surface area contributed by atoms with Gasteiger partial charge in [-0.3, -0.25) is 4.79 Å². The van der Waals surface area contributed by atoms with Crippen LogP contribution in [0.5, 0.6) is 0 Å². The van der Waals surface area contributed by atoms with Gasteiger partial charge in [0.25, 0.3) is 0 Å². The third-order valence-electron chi connectivity index (χ3n) is 4.64. The average Bonchev–Trinajstić information content (AvgIpc) is 2.80. The number of aromatic nitrogens is 1. The zero-order valence-corrected chi connectivity index (χ0v) is 11.9. The van der Waals surface area contributed by atoms with Gasteiger partial charge in [0.1, 0.15) is 5.82 Å². The van der Waals surface area contributed by atoms with Gasteiger partial charge in [0.05, 0.1) is 0 Å². The van der Waals surface area contributed by atoms with Crippen LogP contribution in [0.2, 0.25) is 0 Å². The number of nitrogens with two attached hydrogens (primary N) is 2. The lowest BCUT2D eigenvalue weighted by atomic mass is 9.79. The summed E-state index contributed by atoms with van der Waals surface area (Å²) in [5.41, 5.74) is 12.8. The molecule has 1 saturated carbocycles. The Balaban J connectivity index is 1.82. The number of carbonyl (C=O) groups excluding carboxylic acids is 1. The van der Waals surface area contributed by atoms with E-state index in [2.05, 4.69) is 9.88 Å². The first-order valence-corrected chi connectivity index (χ1v) is 7.32. The number of anilines is 1. The van der Waals surface area contributed by atoms with Crippen molar-refractivity contribution in [3.8, 4) is 0 Å². The Morgan fingerprint density at radius 3 is 2.80 bits per heavy atom. The summed E-state index contributed by atoms with van der Waals surface area (Å²) in [6.45, 7) is 3.91. The van der Waals surface area contributed by atoms with Crippen LogP contribution in [-0.2, 0) is 0 Å². The number of hydrogen-bond donors (Lipinski definition) is 2. The highest BCUT2D eigenvalue weighted by Crippen LogP contribution is 2.37. The van der Waals surface area contributed by atoms with Gasteiger partial charge in [-0.05, 0) is 50.2 Å². The Morgan fingerprint density at radius 1 is 1.30 bits per heavy atom. The molecule has 0 aromatic carbocycles. The minimum atomic E-state index is -0.393.